The van der Waals surface area contributed by atoms with Crippen molar-refractivity contribution in [1.82, 2.24) is 10.3 Å². The van der Waals surface area contributed by atoms with Crippen LogP contribution in [0.5, 0.6) is 0 Å². The number of pyridine rings is 1. The van der Waals surface area contributed by atoms with Gasteiger partial charge in [-0.25, -0.2) is 4.98 Å². The van der Waals surface area contributed by atoms with Crippen LogP contribution in [0.4, 0.5) is 5.82 Å². The monoisotopic (exact) mass is 295 g/mol. The summed E-state index contributed by atoms with van der Waals surface area (Å²) in [6.45, 7) is 7.61. The standard InChI is InChI=1S/C16H26ClN3/c1-12(2)14-5-4-7-20(8-6-14)16-15(17)9-13(10-18-3)11-19-16/h9,11-12,14,18H,4-8,10H2,1-3H3. The largest absolute Gasteiger partial charge is 0.355 e. The molecule has 0 amide bonds. The molecule has 112 valence electrons. The molecule has 3 nitrogen and oxygen atoms in total. The Morgan fingerprint density at radius 2 is 2.20 bits per heavy atom. The summed E-state index contributed by atoms with van der Waals surface area (Å²) in [5.74, 6) is 2.56. The summed E-state index contributed by atoms with van der Waals surface area (Å²) in [5, 5.41) is 3.90. The minimum atomic E-state index is 0.774. The normalized spacial score (nSPS) is 20.2. The van der Waals surface area contributed by atoms with Crippen LogP contribution in [0, 0.1) is 11.8 Å². The summed E-state index contributed by atoms with van der Waals surface area (Å²) in [6, 6.07) is 2.03. The van der Waals surface area contributed by atoms with E-state index in [0.29, 0.717) is 0 Å². The van der Waals surface area contributed by atoms with E-state index in [1.54, 1.807) is 0 Å². The van der Waals surface area contributed by atoms with Crippen LogP contribution in [-0.4, -0.2) is 25.1 Å². The van der Waals surface area contributed by atoms with Crippen molar-refractivity contribution in [3.05, 3.63) is 22.8 Å². The molecule has 1 atom stereocenters. The smallest absolute Gasteiger partial charge is 0.147 e. The SMILES string of the molecule is CNCc1cnc(N2CCCC(C(C)C)CC2)c(Cl)c1. The number of nitrogens with zero attached hydrogens (tertiary/aromatic N) is 2. The highest BCUT2D eigenvalue weighted by Crippen LogP contribution is 2.30. The molecule has 0 bridgehead atoms. The summed E-state index contributed by atoms with van der Waals surface area (Å²) in [5.41, 5.74) is 1.14. The highest BCUT2D eigenvalue weighted by Gasteiger charge is 2.21. The van der Waals surface area contributed by atoms with Crippen molar-refractivity contribution < 1.29 is 0 Å². The first-order valence-corrected chi connectivity index (χ1v) is 8.03. The molecule has 0 aliphatic carbocycles. The summed E-state index contributed by atoms with van der Waals surface area (Å²) in [4.78, 5) is 6.94. The summed E-state index contributed by atoms with van der Waals surface area (Å²) in [7, 11) is 1.93. The number of rotatable bonds is 4. The molecule has 0 aromatic carbocycles. The Kier molecular flexibility index (Phi) is 5.67. The zero-order valence-corrected chi connectivity index (χ0v) is 13.6. The van der Waals surface area contributed by atoms with Crippen LogP contribution < -0.4 is 10.2 Å². The van der Waals surface area contributed by atoms with Gasteiger partial charge in [0.05, 0.1) is 5.02 Å². The number of halogens is 1. The lowest BCUT2D eigenvalue weighted by atomic mass is 9.89. The lowest BCUT2D eigenvalue weighted by Gasteiger charge is -2.23. The van der Waals surface area contributed by atoms with Gasteiger partial charge in [-0.05, 0) is 49.8 Å². The van der Waals surface area contributed by atoms with Crippen LogP contribution in [0.1, 0.15) is 38.7 Å². The van der Waals surface area contributed by atoms with E-state index in [1.165, 1.54) is 19.3 Å². The molecule has 1 N–H and O–H groups in total. The molecule has 1 aromatic rings. The third-order valence-electron chi connectivity index (χ3n) is 4.27. The van der Waals surface area contributed by atoms with Gasteiger partial charge in [0.2, 0.25) is 0 Å². The van der Waals surface area contributed by atoms with Gasteiger partial charge >= 0.3 is 0 Å². The lowest BCUT2D eigenvalue weighted by molar-refractivity contribution is 0.351. The number of hydrogen-bond donors (Lipinski definition) is 1. The quantitative estimate of drug-likeness (QED) is 0.918. The Morgan fingerprint density at radius 1 is 1.40 bits per heavy atom. The zero-order valence-electron chi connectivity index (χ0n) is 12.8. The number of aromatic nitrogens is 1. The average molecular weight is 296 g/mol. The van der Waals surface area contributed by atoms with E-state index in [2.05, 4.69) is 29.0 Å². The predicted molar refractivity (Wildman–Crippen MR) is 86.4 cm³/mol. The first kappa shape index (κ1) is 15.6. The molecule has 1 aliphatic heterocycles. The molecule has 1 aliphatic rings. The highest BCUT2D eigenvalue weighted by molar-refractivity contribution is 6.33. The molecule has 4 heteroatoms. The molecule has 1 fully saturated rings. The fourth-order valence-electron chi connectivity index (χ4n) is 3.00. The number of hydrogen-bond acceptors (Lipinski definition) is 3. The van der Waals surface area contributed by atoms with E-state index < -0.39 is 0 Å². The lowest BCUT2D eigenvalue weighted by Crippen LogP contribution is -2.26. The van der Waals surface area contributed by atoms with Gasteiger partial charge in [0.25, 0.3) is 0 Å². The van der Waals surface area contributed by atoms with E-state index in [1.807, 2.05) is 19.3 Å². The minimum Gasteiger partial charge on any atom is -0.355 e. The second kappa shape index (κ2) is 7.28. The van der Waals surface area contributed by atoms with Gasteiger partial charge in [0.1, 0.15) is 5.82 Å². The van der Waals surface area contributed by atoms with Crippen LogP contribution in [0.2, 0.25) is 5.02 Å². The van der Waals surface area contributed by atoms with Gasteiger partial charge in [0, 0.05) is 25.8 Å². The molecule has 1 saturated heterocycles. The summed E-state index contributed by atoms with van der Waals surface area (Å²) in [6.07, 6.45) is 5.74. The second-order valence-electron chi connectivity index (χ2n) is 6.10. The summed E-state index contributed by atoms with van der Waals surface area (Å²) < 4.78 is 0. The van der Waals surface area contributed by atoms with E-state index in [9.17, 15) is 0 Å². The molecule has 0 radical (unpaired) electrons. The van der Waals surface area contributed by atoms with E-state index in [0.717, 1.165) is 47.9 Å². The Hall–Kier alpha value is -0.800. The molecular formula is C16H26ClN3. The zero-order chi connectivity index (χ0) is 14.5. The Labute approximate surface area is 127 Å². The van der Waals surface area contributed by atoms with Crippen LogP contribution in [0.15, 0.2) is 12.3 Å². The van der Waals surface area contributed by atoms with Gasteiger partial charge in [-0.1, -0.05) is 25.4 Å². The van der Waals surface area contributed by atoms with E-state index in [4.69, 9.17) is 11.6 Å². The van der Waals surface area contributed by atoms with Crippen molar-refractivity contribution in [3.63, 3.8) is 0 Å². The first-order chi connectivity index (χ1) is 9.61. The topological polar surface area (TPSA) is 28.2 Å². The second-order valence-corrected chi connectivity index (χ2v) is 6.51. The third-order valence-corrected chi connectivity index (χ3v) is 4.55. The molecule has 0 saturated carbocycles. The fourth-order valence-corrected chi connectivity index (χ4v) is 3.31. The van der Waals surface area contributed by atoms with Gasteiger partial charge in [-0.15, -0.1) is 0 Å². The first-order valence-electron chi connectivity index (χ1n) is 7.65. The number of anilines is 1. The average Bonchev–Trinajstić information content (AvgIpc) is 2.65. The Morgan fingerprint density at radius 3 is 2.85 bits per heavy atom. The minimum absolute atomic E-state index is 0.774. The van der Waals surface area contributed by atoms with Crippen molar-refractivity contribution in [2.24, 2.45) is 11.8 Å². The molecule has 2 heterocycles. The summed E-state index contributed by atoms with van der Waals surface area (Å²) >= 11 is 6.42. The predicted octanol–water partition coefficient (Wildman–Crippen LogP) is 3.72. The maximum atomic E-state index is 6.42. The highest BCUT2D eigenvalue weighted by atomic mass is 35.5. The van der Waals surface area contributed by atoms with Crippen molar-refractivity contribution in [2.45, 2.75) is 39.7 Å². The Balaban J connectivity index is 2.07. The molecule has 0 spiro atoms. The third kappa shape index (κ3) is 3.86. The molecule has 2 rings (SSSR count). The number of nitrogens with one attached hydrogen (secondary N) is 1. The van der Waals surface area contributed by atoms with Gasteiger partial charge < -0.3 is 10.2 Å². The molecule has 20 heavy (non-hydrogen) atoms. The van der Waals surface area contributed by atoms with E-state index in [-0.39, 0.29) is 0 Å². The molecular weight excluding hydrogens is 270 g/mol. The van der Waals surface area contributed by atoms with Crippen molar-refractivity contribution in [2.75, 3.05) is 25.0 Å². The van der Waals surface area contributed by atoms with Crippen LogP contribution >= 0.6 is 11.6 Å². The van der Waals surface area contributed by atoms with Gasteiger partial charge in [-0.2, -0.15) is 0 Å². The maximum Gasteiger partial charge on any atom is 0.147 e. The van der Waals surface area contributed by atoms with Crippen molar-refractivity contribution in [3.8, 4) is 0 Å². The van der Waals surface area contributed by atoms with Crippen molar-refractivity contribution >= 4 is 17.4 Å². The van der Waals surface area contributed by atoms with Crippen molar-refractivity contribution in [1.29, 1.82) is 0 Å². The van der Waals surface area contributed by atoms with Gasteiger partial charge in [-0.3, -0.25) is 0 Å². The Bertz CT molecular complexity index is 434. The maximum absolute atomic E-state index is 6.42. The van der Waals surface area contributed by atoms with Crippen LogP contribution in [0.25, 0.3) is 0 Å². The molecule has 1 aromatic heterocycles. The van der Waals surface area contributed by atoms with Gasteiger partial charge in [0.15, 0.2) is 0 Å². The van der Waals surface area contributed by atoms with Crippen LogP contribution in [0.3, 0.4) is 0 Å². The molecule has 1 unspecified atom stereocenters. The van der Waals surface area contributed by atoms with E-state index >= 15 is 0 Å². The fraction of sp³-hybridized carbons (Fsp3) is 0.688. The van der Waals surface area contributed by atoms with Crippen LogP contribution in [-0.2, 0) is 6.54 Å².